The van der Waals surface area contributed by atoms with E-state index in [1.165, 1.54) is 57.1 Å². The van der Waals surface area contributed by atoms with Gasteiger partial charge in [-0.15, -0.1) is 18.3 Å². The highest BCUT2D eigenvalue weighted by Crippen LogP contribution is 2.65. The van der Waals surface area contributed by atoms with E-state index in [-0.39, 0.29) is 0 Å². The molecule has 0 nitrogen and oxygen atoms in total. The molecule has 1 aliphatic heterocycles. The van der Waals surface area contributed by atoms with Gasteiger partial charge in [-0.25, -0.2) is 0 Å². The zero-order valence-corrected chi connectivity index (χ0v) is 14.8. The van der Waals surface area contributed by atoms with E-state index in [1.807, 2.05) is 0 Å². The van der Waals surface area contributed by atoms with Crippen LogP contribution >= 0.6 is 11.8 Å². The third-order valence-corrected chi connectivity index (χ3v) is 8.76. The second-order valence-electron chi connectivity index (χ2n) is 8.30. The lowest BCUT2D eigenvalue weighted by atomic mass is 9.50. The highest BCUT2D eigenvalue weighted by Gasteiger charge is 2.56. The fraction of sp³-hybridized carbons (Fsp3) is 0.714. The maximum atomic E-state index is 3.98. The van der Waals surface area contributed by atoms with Gasteiger partial charge in [0.15, 0.2) is 0 Å². The van der Waals surface area contributed by atoms with Crippen LogP contribution < -0.4 is 0 Å². The number of hydrogen-bond donors (Lipinski definition) is 0. The van der Waals surface area contributed by atoms with E-state index < -0.39 is 0 Å². The summed E-state index contributed by atoms with van der Waals surface area (Å²) in [5.74, 6) is 4.02. The fourth-order valence-electron chi connectivity index (χ4n) is 6.48. The van der Waals surface area contributed by atoms with Crippen LogP contribution in [0.15, 0.2) is 35.8 Å². The summed E-state index contributed by atoms with van der Waals surface area (Å²) in [5.41, 5.74) is 1.03. The average Bonchev–Trinajstić information content (AvgIpc) is 2.96. The van der Waals surface area contributed by atoms with Crippen LogP contribution in [0.25, 0.3) is 0 Å². The third-order valence-electron chi connectivity index (χ3n) is 7.49. The van der Waals surface area contributed by atoms with Crippen LogP contribution in [0, 0.1) is 28.6 Å². The average molecular weight is 315 g/mol. The molecule has 4 rings (SSSR count). The van der Waals surface area contributed by atoms with Gasteiger partial charge in [0, 0.05) is 11.2 Å². The Morgan fingerprint density at radius 2 is 2.23 bits per heavy atom. The minimum absolute atomic E-state index is 0.360. The van der Waals surface area contributed by atoms with Crippen molar-refractivity contribution in [2.45, 2.75) is 58.3 Å². The molecular formula is C21H30S. The molecule has 0 radical (unpaired) electrons. The van der Waals surface area contributed by atoms with Gasteiger partial charge in [-0.2, -0.15) is 0 Å². The Labute approximate surface area is 140 Å². The van der Waals surface area contributed by atoms with Crippen molar-refractivity contribution in [3.8, 4) is 0 Å². The van der Waals surface area contributed by atoms with Crippen molar-refractivity contribution in [1.82, 2.24) is 0 Å². The van der Waals surface area contributed by atoms with E-state index >= 15 is 0 Å². The summed E-state index contributed by atoms with van der Waals surface area (Å²) in [6.07, 6.45) is 21.2. The van der Waals surface area contributed by atoms with Crippen molar-refractivity contribution in [3.05, 3.63) is 35.8 Å². The van der Waals surface area contributed by atoms with Crippen LogP contribution in [0.1, 0.15) is 58.3 Å². The first-order valence-electron chi connectivity index (χ1n) is 9.32. The van der Waals surface area contributed by atoms with Gasteiger partial charge in [0.05, 0.1) is 0 Å². The summed E-state index contributed by atoms with van der Waals surface area (Å²) in [4.78, 5) is 1.69. The van der Waals surface area contributed by atoms with Crippen molar-refractivity contribution in [3.63, 3.8) is 0 Å². The molecule has 0 aromatic carbocycles. The molecule has 0 spiro atoms. The van der Waals surface area contributed by atoms with E-state index in [4.69, 9.17) is 0 Å². The zero-order chi connectivity index (χ0) is 15.2. The molecule has 22 heavy (non-hydrogen) atoms. The predicted octanol–water partition coefficient (Wildman–Crippen LogP) is 6.36. The molecule has 0 amide bonds. The molecule has 0 aromatic heterocycles. The van der Waals surface area contributed by atoms with Gasteiger partial charge in [0.25, 0.3) is 0 Å². The monoisotopic (exact) mass is 314 g/mol. The number of fused-ring (bicyclic) bond motifs is 5. The Morgan fingerprint density at radius 3 is 3.09 bits per heavy atom. The van der Waals surface area contributed by atoms with Crippen LogP contribution in [0.4, 0.5) is 0 Å². The number of rotatable bonds is 3. The van der Waals surface area contributed by atoms with Crippen LogP contribution in [-0.2, 0) is 0 Å². The molecule has 4 aliphatic rings. The molecule has 0 aromatic rings. The van der Waals surface area contributed by atoms with Gasteiger partial charge in [-0.05, 0) is 73.0 Å². The minimum Gasteiger partial charge on any atom is -0.126 e. The summed E-state index contributed by atoms with van der Waals surface area (Å²) in [5, 5.41) is 0. The lowest BCUT2D eigenvalue weighted by molar-refractivity contribution is -0.0131. The van der Waals surface area contributed by atoms with Crippen LogP contribution in [0.2, 0.25) is 0 Å². The van der Waals surface area contributed by atoms with Gasteiger partial charge in [0.2, 0.25) is 0 Å². The number of hydrogen-bond acceptors (Lipinski definition) is 1. The van der Waals surface area contributed by atoms with Crippen molar-refractivity contribution >= 4 is 11.8 Å². The Hall–Kier alpha value is -0.430. The Balaban J connectivity index is 1.65. The van der Waals surface area contributed by atoms with Crippen molar-refractivity contribution in [1.29, 1.82) is 0 Å². The molecule has 3 aliphatic carbocycles. The molecule has 0 unspecified atom stereocenters. The molecule has 120 valence electrons. The molecule has 5 atom stereocenters. The van der Waals surface area contributed by atoms with Crippen LogP contribution in [0.3, 0.4) is 0 Å². The van der Waals surface area contributed by atoms with E-state index in [1.54, 1.807) is 4.91 Å². The van der Waals surface area contributed by atoms with Crippen LogP contribution in [-0.4, -0.2) is 5.75 Å². The Kier molecular flexibility index (Phi) is 3.84. The molecule has 0 bridgehead atoms. The van der Waals surface area contributed by atoms with Gasteiger partial charge >= 0.3 is 0 Å². The zero-order valence-electron chi connectivity index (χ0n) is 14.0. The standard InChI is InChI=1S/C21H30S/c1-3-4-12-21-13-5-7-18(21)16-8-9-19-20(2,11-6-15-22-19)17(16)10-14-21/h3,6,9,11,16-18H,1,4-5,7-8,10,12-15H2,2H3/t16-,17+,18+,20-,21+/m1/s1. The quantitative estimate of drug-likeness (QED) is 0.546. The first-order chi connectivity index (χ1) is 10.7. The number of thioether (sulfide) groups is 1. The van der Waals surface area contributed by atoms with Gasteiger partial charge in [0.1, 0.15) is 0 Å². The van der Waals surface area contributed by atoms with Gasteiger partial charge in [-0.1, -0.05) is 37.6 Å². The molecule has 0 saturated heterocycles. The molecule has 0 N–H and O–H groups in total. The molecule has 1 heteroatoms. The highest BCUT2D eigenvalue weighted by molar-refractivity contribution is 8.03. The first-order valence-corrected chi connectivity index (χ1v) is 10.3. The third kappa shape index (κ3) is 2.11. The summed E-state index contributed by atoms with van der Waals surface area (Å²) in [6.45, 7) is 6.51. The largest absolute Gasteiger partial charge is 0.126 e. The smallest absolute Gasteiger partial charge is 0.0192 e. The highest BCUT2D eigenvalue weighted by atomic mass is 32.2. The second-order valence-corrected chi connectivity index (χ2v) is 9.36. The first kappa shape index (κ1) is 15.1. The number of allylic oxidation sites excluding steroid dienone is 4. The van der Waals surface area contributed by atoms with Crippen molar-refractivity contribution < 1.29 is 0 Å². The summed E-state index contributed by atoms with van der Waals surface area (Å²) < 4.78 is 0. The molecule has 2 saturated carbocycles. The van der Waals surface area contributed by atoms with E-state index in [0.717, 1.165) is 17.8 Å². The maximum Gasteiger partial charge on any atom is 0.0192 e. The topological polar surface area (TPSA) is 0 Å². The molecular weight excluding hydrogens is 284 g/mol. The van der Waals surface area contributed by atoms with E-state index in [2.05, 4.69) is 49.6 Å². The van der Waals surface area contributed by atoms with Gasteiger partial charge in [-0.3, -0.25) is 0 Å². The van der Waals surface area contributed by atoms with Gasteiger partial charge < -0.3 is 0 Å². The molecule has 2 fully saturated rings. The normalized spacial score (nSPS) is 46.4. The summed E-state index contributed by atoms with van der Waals surface area (Å²) in [7, 11) is 0. The second kappa shape index (κ2) is 5.58. The lowest BCUT2D eigenvalue weighted by Crippen LogP contribution is -2.47. The van der Waals surface area contributed by atoms with Crippen molar-refractivity contribution in [2.75, 3.05) is 5.75 Å². The fourth-order valence-corrected chi connectivity index (χ4v) is 7.59. The minimum atomic E-state index is 0.360. The Morgan fingerprint density at radius 1 is 1.32 bits per heavy atom. The van der Waals surface area contributed by atoms with E-state index in [9.17, 15) is 0 Å². The lowest BCUT2D eigenvalue weighted by Gasteiger charge is -2.56. The predicted molar refractivity (Wildman–Crippen MR) is 97.8 cm³/mol. The summed E-state index contributed by atoms with van der Waals surface area (Å²) >= 11 is 2.10. The SMILES string of the molecule is C=CCC[C@@]12CCC[C@H]1[C@@H]1CC=C3SCC=C[C@]3(C)[C@H]1CC2. The molecule has 1 heterocycles. The summed E-state index contributed by atoms with van der Waals surface area (Å²) in [6, 6.07) is 0. The Bertz CT molecular complexity index is 516. The van der Waals surface area contributed by atoms with Crippen LogP contribution in [0.5, 0.6) is 0 Å². The van der Waals surface area contributed by atoms with Crippen molar-refractivity contribution in [2.24, 2.45) is 28.6 Å². The van der Waals surface area contributed by atoms with E-state index in [0.29, 0.717) is 10.8 Å². The maximum absolute atomic E-state index is 3.98.